The monoisotopic (exact) mass is 406 g/mol. The Morgan fingerprint density at radius 2 is 1.77 bits per heavy atom. The lowest BCUT2D eigenvalue weighted by Gasteiger charge is -2.14. The Kier molecular flexibility index (Phi) is 8.26. The number of nitrogens with zero attached hydrogens (tertiary/aromatic N) is 4. The first-order chi connectivity index (χ1) is 14.8. The van der Waals surface area contributed by atoms with Crippen LogP contribution in [0.2, 0.25) is 0 Å². The Hall–Kier alpha value is -3.35. The molecule has 0 aliphatic rings. The van der Waals surface area contributed by atoms with E-state index < -0.39 is 0 Å². The number of aryl methyl sites for hydroxylation is 1. The fourth-order valence-electron chi connectivity index (χ4n) is 3.08. The quantitative estimate of drug-likeness (QED) is 0.400. The van der Waals surface area contributed by atoms with Gasteiger partial charge in [-0.2, -0.15) is 0 Å². The van der Waals surface area contributed by atoms with Gasteiger partial charge in [0.05, 0.1) is 13.7 Å². The molecule has 0 spiro atoms. The summed E-state index contributed by atoms with van der Waals surface area (Å²) in [6.07, 6.45) is 3.55. The van der Waals surface area contributed by atoms with Gasteiger partial charge in [0.2, 0.25) is 0 Å². The lowest BCUT2D eigenvalue weighted by molar-refractivity contribution is 0.414. The van der Waals surface area contributed by atoms with Crippen LogP contribution in [0.25, 0.3) is 0 Å². The van der Waals surface area contributed by atoms with E-state index >= 15 is 0 Å². The number of aliphatic imine (C=N–C) groups is 1. The van der Waals surface area contributed by atoms with E-state index in [1.165, 1.54) is 11.1 Å². The molecule has 1 heterocycles. The van der Waals surface area contributed by atoms with Gasteiger partial charge < -0.3 is 19.9 Å². The highest BCUT2D eigenvalue weighted by molar-refractivity contribution is 5.79. The van der Waals surface area contributed by atoms with Crippen LogP contribution in [0, 0.1) is 0 Å². The molecular formula is C23H30N6O. The Labute approximate surface area is 178 Å². The van der Waals surface area contributed by atoms with E-state index in [0.29, 0.717) is 6.54 Å². The minimum Gasteiger partial charge on any atom is -0.497 e. The molecule has 30 heavy (non-hydrogen) atoms. The van der Waals surface area contributed by atoms with Crippen LogP contribution < -0.4 is 15.4 Å². The van der Waals surface area contributed by atoms with Crippen molar-refractivity contribution in [1.82, 2.24) is 25.4 Å². The lowest BCUT2D eigenvalue weighted by Crippen LogP contribution is -2.40. The molecule has 0 saturated carbocycles. The molecule has 3 aromatic rings. The normalized spacial score (nSPS) is 11.3. The van der Waals surface area contributed by atoms with Crippen molar-refractivity contribution in [3.8, 4) is 5.75 Å². The molecule has 0 aliphatic carbocycles. The number of nitrogens with one attached hydrogen (secondary N) is 2. The summed E-state index contributed by atoms with van der Waals surface area (Å²) >= 11 is 0. The van der Waals surface area contributed by atoms with E-state index in [9.17, 15) is 0 Å². The van der Waals surface area contributed by atoms with Crippen molar-refractivity contribution >= 4 is 5.96 Å². The molecule has 0 saturated heterocycles. The second kappa shape index (κ2) is 11.6. The van der Waals surface area contributed by atoms with Gasteiger partial charge >= 0.3 is 0 Å². The molecule has 0 atom stereocenters. The SMILES string of the molecule is CCc1nncn1CCNC(=NCc1ccccc1)NCCc1ccc(OC)cc1. The van der Waals surface area contributed by atoms with Crippen molar-refractivity contribution in [3.05, 3.63) is 77.9 Å². The number of hydrogen-bond acceptors (Lipinski definition) is 4. The molecular weight excluding hydrogens is 376 g/mol. The Morgan fingerprint density at radius 1 is 1.00 bits per heavy atom. The van der Waals surface area contributed by atoms with Crippen molar-refractivity contribution in [3.63, 3.8) is 0 Å². The Bertz CT molecular complexity index is 905. The highest BCUT2D eigenvalue weighted by Gasteiger charge is 2.03. The van der Waals surface area contributed by atoms with Crippen LogP contribution in [0.15, 0.2) is 65.9 Å². The fraction of sp³-hybridized carbons (Fsp3) is 0.348. The lowest BCUT2D eigenvalue weighted by atomic mass is 10.1. The molecule has 0 bridgehead atoms. The number of benzene rings is 2. The Balaban J connectivity index is 1.55. The second-order valence-electron chi connectivity index (χ2n) is 6.90. The summed E-state index contributed by atoms with van der Waals surface area (Å²) < 4.78 is 7.29. The average molecular weight is 407 g/mol. The molecule has 0 radical (unpaired) electrons. The summed E-state index contributed by atoms with van der Waals surface area (Å²) in [6.45, 7) is 5.04. The zero-order valence-corrected chi connectivity index (χ0v) is 17.7. The van der Waals surface area contributed by atoms with Crippen molar-refractivity contribution in [2.24, 2.45) is 4.99 Å². The maximum Gasteiger partial charge on any atom is 0.191 e. The largest absolute Gasteiger partial charge is 0.497 e. The van der Waals surface area contributed by atoms with Crippen LogP contribution in [0.5, 0.6) is 5.75 Å². The van der Waals surface area contributed by atoms with E-state index in [4.69, 9.17) is 9.73 Å². The van der Waals surface area contributed by atoms with Crippen LogP contribution in [-0.4, -0.2) is 40.9 Å². The molecule has 7 nitrogen and oxygen atoms in total. The van der Waals surface area contributed by atoms with E-state index in [1.807, 2.05) is 30.3 Å². The third kappa shape index (κ3) is 6.62. The van der Waals surface area contributed by atoms with Gasteiger partial charge in [0, 0.05) is 26.1 Å². The van der Waals surface area contributed by atoms with Crippen molar-refractivity contribution in [2.45, 2.75) is 32.9 Å². The summed E-state index contributed by atoms with van der Waals surface area (Å²) in [7, 11) is 1.68. The number of hydrogen-bond donors (Lipinski definition) is 2. The number of aromatic nitrogens is 3. The predicted octanol–water partition coefficient (Wildman–Crippen LogP) is 2.83. The van der Waals surface area contributed by atoms with E-state index in [2.05, 4.69) is 56.6 Å². The van der Waals surface area contributed by atoms with Crippen LogP contribution in [-0.2, 0) is 25.9 Å². The molecule has 0 aliphatic heterocycles. The zero-order chi connectivity index (χ0) is 21.0. The summed E-state index contributed by atoms with van der Waals surface area (Å²) in [5, 5.41) is 15.0. The zero-order valence-electron chi connectivity index (χ0n) is 17.7. The van der Waals surface area contributed by atoms with Gasteiger partial charge in [-0.3, -0.25) is 0 Å². The first kappa shape index (κ1) is 21.4. The van der Waals surface area contributed by atoms with Crippen LogP contribution in [0.1, 0.15) is 23.9 Å². The van der Waals surface area contributed by atoms with Gasteiger partial charge in [-0.05, 0) is 29.7 Å². The predicted molar refractivity (Wildman–Crippen MR) is 120 cm³/mol. The average Bonchev–Trinajstić information content (AvgIpc) is 3.25. The maximum absolute atomic E-state index is 5.22. The molecule has 3 rings (SSSR count). The molecule has 2 N–H and O–H groups in total. The maximum atomic E-state index is 5.22. The Morgan fingerprint density at radius 3 is 2.50 bits per heavy atom. The fourth-order valence-corrected chi connectivity index (χ4v) is 3.08. The molecule has 2 aromatic carbocycles. The van der Waals surface area contributed by atoms with Gasteiger partial charge in [0.25, 0.3) is 0 Å². The van der Waals surface area contributed by atoms with E-state index in [0.717, 1.165) is 50.0 Å². The van der Waals surface area contributed by atoms with Crippen molar-refractivity contribution in [2.75, 3.05) is 20.2 Å². The highest BCUT2D eigenvalue weighted by Crippen LogP contribution is 2.11. The molecule has 7 heteroatoms. The van der Waals surface area contributed by atoms with Crippen LogP contribution in [0.4, 0.5) is 0 Å². The van der Waals surface area contributed by atoms with Gasteiger partial charge in [-0.15, -0.1) is 10.2 Å². The summed E-state index contributed by atoms with van der Waals surface area (Å²) in [5.74, 6) is 2.67. The second-order valence-corrected chi connectivity index (χ2v) is 6.90. The topological polar surface area (TPSA) is 76.4 Å². The standard InChI is InChI=1S/C23H30N6O/c1-3-22-28-27-18-29(22)16-15-25-23(26-17-20-7-5-4-6-8-20)24-14-13-19-9-11-21(30-2)12-10-19/h4-12,18H,3,13-17H2,1-2H3,(H2,24,25,26). The van der Waals surface area contributed by atoms with Gasteiger partial charge in [0.15, 0.2) is 5.96 Å². The number of ether oxygens (including phenoxy) is 1. The van der Waals surface area contributed by atoms with E-state index in [-0.39, 0.29) is 0 Å². The molecule has 0 unspecified atom stereocenters. The first-order valence-corrected chi connectivity index (χ1v) is 10.3. The highest BCUT2D eigenvalue weighted by atomic mass is 16.5. The summed E-state index contributed by atoms with van der Waals surface area (Å²) in [4.78, 5) is 4.75. The minimum absolute atomic E-state index is 0.631. The molecule has 0 fully saturated rings. The molecule has 158 valence electrons. The van der Waals surface area contributed by atoms with Crippen LogP contribution >= 0.6 is 0 Å². The van der Waals surface area contributed by atoms with Crippen molar-refractivity contribution in [1.29, 1.82) is 0 Å². The minimum atomic E-state index is 0.631. The first-order valence-electron chi connectivity index (χ1n) is 10.3. The van der Waals surface area contributed by atoms with Gasteiger partial charge in [0.1, 0.15) is 17.9 Å². The van der Waals surface area contributed by atoms with Crippen LogP contribution in [0.3, 0.4) is 0 Å². The third-order valence-corrected chi connectivity index (χ3v) is 4.78. The number of rotatable bonds is 10. The smallest absolute Gasteiger partial charge is 0.191 e. The third-order valence-electron chi connectivity index (χ3n) is 4.78. The summed E-state index contributed by atoms with van der Waals surface area (Å²) in [5.41, 5.74) is 2.43. The van der Waals surface area contributed by atoms with Gasteiger partial charge in [-0.25, -0.2) is 4.99 Å². The molecule has 0 amide bonds. The molecule has 1 aromatic heterocycles. The summed E-state index contributed by atoms with van der Waals surface area (Å²) in [6, 6.07) is 18.4. The number of guanidine groups is 1. The van der Waals surface area contributed by atoms with E-state index in [1.54, 1.807) is 13.4 Å². The van der Waals surface area contributed by atoms with Gasteiger partial charge in [-0.1, -0.05) is 49.4 Å². The van der Waals surface area contributed by atoms with Crippen molar-refractivity contribution < 1.29 is 4.74 Å². The number of methoxy groups -OCH3 is 1.